The smallest absolute Gasteiger partial charge is 0.304 e. The van der Waals surface area contributed by atoms with E-state index in [0.29, 0.717) is 12.5 Å². The van der Waals surface area contributed by atoms with Crippen molar-refractivity contribution in [3.8, 4) is 0 Å². The zero-order valence-corrected chi connectivity index (χ0v) is 11.6. The summed E-state index contributed by atoms with van der Waals surface area (Å²) in [7, 11) is 0. The number of hydrogen-bond acceptors (Lipinski definition) is 2. The maximum Gasteiger partial charge on any atom is 0.304 e. The molecule has 0 aromatic heterocycles. The molecule has 3 nitrogen and oxygen atoms in total. The summed E-state index contributed by atoms with van der Waals surface area (Å²) in [6.07, 6.45) is 6.69. The van der Waals surface area contributed by atoms with Crippen LogP contribution < -0.4 is 5.32 Å². The molecule has 20 heavy (non-hydrogen) atoms. The van der Waals surface area contributed by atoms with E-state index in [1.807, 2.05) is 0 Å². The highest BCUT2D eigenvalue weighted by Crippen LogP contribution is 2.19. The second kappa shape index (κ2) is 7.39. The molecule has 0 bridgehead atoms. The van der Waals surface area contributed by atoms with E-state index in [-0.39, 0.29) is 18.3 Å². The summed E-state index contributed by atoms with van der Waals surface area (Å²) in [6, 6.07) is 6.65. The highest BCUT2D eigenvalue weighted by molar-refractivity contribution is 5.67. The standard InChI is InChI=1S/C16H22FNO2/c17-13-8-6-12(7-9-13)10-15(11-16(19)20)18-14-4-2-1-3-5-14/h6-9,14-15,18H,1-5,10-11H2,(H,19,20). The number of carboxylic acid groups (broad SMARTS) is 1. The van der Waals surface area contributed by atoms with Gasteiger partial charge >= 0.3 is 5.97 Å². The lowest BCUT2D eigenvalue weighted by Gasteiger charge is -2.28. The molecular weight excluding hydrogens is 257 g/mol. The van der Waals surface area contributed by atoms with Crippen molar-refractivity contribution in [2.24, 2.45) is 0 Å². The average Bonchev–Trinajstić information content (AvgIpc) is 2.42. The van der Waals surface area contributed by atoms with Gasteiger partial charge in [-0.3, -0.25) is 4.79 Å². The summed E-state index contributed by atoms with van der Waals surface area (Å²) in [6.45, 7) is 0. The largest absolute Gasteiger partial charge is 0.481 e. The van der Waals surface area contributed by atoms with Crippen LogP contribution in [0.2, 0.25) is 0 Å². The molecule has 0 aliphatic heterocycles. The fourth-order valence-electron chi connectivity index (χ4n) is 2.91. The molecular formula is C16H22FNO2. The molecule has 2 N–H and O–H groups in total. The summed E-state index contributed by atoms with van der Waals surface area (Å²) in [5, 5.41) is 12.5. The molecule has 1 unspecified atom stereocenters. The molecule has 4 heteroatoms. The predicted molar refractivity (Wildman–Crippen MR) is 76.2 cm³/mol. The van der Waals surface area contributed by atoms with Crippen molar-refractivity contribution in [1.29, 1.82) is 0 Å². The summed E-state index contributed by atoms with van der Waals surface area (Å²) < 4.78 is 12.9. The molecule has 1 fully saturated rings. The minimum atomic E-state index is -0.791. The van der Waals surface area contributed by atoms with Crippen LogP contribution in [0.15, 0.2) is 24.3 Å². The highest BCUT2D eigenvalue weighted by Gasteiger charge is 2.20. The van der Waals surface area contributed by atoms with E-state index in [0.717, 1.165) is 18.4 Å². The molecule has 2 rings (SSSR count). The van der Waals surface area contributed by atoms with Crippen molar-refractivity contribution < 1.29 is 14.3 Å². The molecule has 0 spiro atoms. The maximum absolute atomic E-state index is 12.9. The number of nitrogens with one attached hydrogen (secondary N) is 1. The zero-order valence-electron chi connectivity index (χ0n) is 11.6. The number of aliphatic carboxylic acids is 1. The molecule has 1 aromatic rings. The van der Waals surface area contributed by atoms with Crippen molar-refractivity contribution in [3.05, 3.63) is 35.6 Å². The van der Waals surface area contributed by atoms with E-state index in [1.54, 1.807) is 12.1 Å². The summed E-state index contributed by atoms with van der Waals surface area (Å²) in [5.74, 6) is -1.05. The Kier molecular flexibility index (Phi) is 5.53. The van der Waals surface area contributed by atoms with E-state index < -0.39 is 5.97 Å². The van der Waals surface area contributed by atoms with Crippen LogP contribution in [-0.4, -0.2) is 23.2 Å². The Labute approximate surface area is 119 Å². The lowest BCUT2D eigenvalue weighted by Crippen LogP contribution is -2.41. The van der Waals surface area contributed by atoms with E-state index in [2.05, 4.69) is 5.32 Å². The number of carbonyl (C=O) groups is 1. The second-order valence-electron chi connectivity index (χ2n) is 5.63. The Bertz CT molecular complexity index is 427. The van der Waals surface area contributed by atoms with Crippen LogP contribution in [0.1, 0.15) is 44.1 Å². The minimum absolute atomic E-state index is 0.0824. The van der Waals surface area contributed by atoms with Crippen LogP contribution >= 0.6 is 0 Å². The molecule has 0 amide bonds. The third-order valence-electron chi connectivity index (χ3n) is 3.89. The number of hydrogen-bond donors (Lipinski definition) is 2. The average molecular weight is 279 g/mol. The van der Waals surface area contributed by atoms with Gasteiger partial charge in [0.15, 0.2) is 0 Å². The van der Waals surface area contributed by atoms with E-state index in [4.69, 9.17) is 5.11 Å². The monoisotopic (exact) mass is 279 g/mol. The van der Waals surface area contributed by atoms with Gasteiger partial charge in [0.2, 0.25) is 0 Å². The quantitative estimate of drug-likeness (QED) is 0.841. The van der Waals surface area contributed by atoms with Gasteiger partial charge in [0.1, 0.15) is 5.82 Å². The van der Waals surface area contributed by atoms with Gasteiger partial charge in [-0.05, 0) is 37.0 Å². The molecule has 1 saturated carbocycles. The minimum Gasteiger partial charge on any atom is -0.481 e. The topological polar surface area (TPSA) is 49.3 Å². The SMILES string of the molecule is O=C(O)CC(Cc1ccc(F)cc1)NC1CCCCC1. The van der Waals surface area contributed by atoms with Gasteiger partial charge in [-0.15, -0.1) is 0 Å². The van der Waals surface area contributed by atoms with Gasteiger partial charge in [0.05, 0.1) is 6.42 Å². The third-order valence-corrected chi connectivity index (χ3v) is 3.89. The highest BCUT2D eigenvalue weighted by atomic mass is 19.1. The van der Waals surface area contributed by atoms with Crippen LogP contribution in [0.5, 0.6) is 0 Å². The van der Waals surface area contributed by atoms with Crippen LogP contribution in [0.3, 0.4) is 0 Å². The Morgan fingerprint density at radius 2 is 1.90 bits per heavy atom. The number of halogens is 1. The normalized spacial score (nSPS) is 17.9. The maximum atomic E-state index is 12.9. The Balaban J connectivity index is 1.95. The lowest BCUT2D eigenvalue weighted by atomic mass is 9.93. The number of carboxylic acids is 1. The van der Waals surface area contributed by atoms with Gasteiger partial charge in [0, 0.05) is 12.1 Å². The first-order valence-electron chi connectivity index (χ1n) is 7.36. The van der Waals surface area contributed by atoms with Crippen molar-refractivity contribution in [2.45, 2.75) is 57.0 Å². The van der Waals surface area contributed by atoms with Gasteiger partial charge in [-0.25, -0.2) is 4.39 Å². The van der Waals surface area contributed by atoms with E-state index in [9.17, 15) is 9.18 Å². The Morgan fingerprint density at radius 3 is 2.50 bits per heavy atom. The van der Waals surface area contributed by atoms with Crippen molar-refractivity contribution >= 4 is 5.97 Å². The zero-order chi connectivity index (χ0) is 14.4. The summed E-state index contributed by atoms with van der Waals surface area (Å²) in [4.78, 5) is 11.0. The number of rotatable bonds is 6. The molecule has 1 aliphatic carbocycles. The van der Waals surface area contributed by atoms with E-state index >= 15 is 0 Å². The first kappa shape index (κ1) is 15.0. The summed E-state index contributed by atoms with van der Waals surface area (Å²) >= 11 is 0. The Hall–Kier alpha value is -1.42. The van der Waals surface area contributed by atoms with Crippen LogP contribution in [-0.2, 0) is 11.2 Å². The van der Waals surface area contributed by atoms with Crippen molar-refractivity contribution in [3.63, 3.8) is 0 Å². The molecule has 0 saturated heterocycles. The molecule has 0 radical (unpaired) electrons. The van der Waals surface area contributed by atoms with Crippen LogP contribution in [0.25, 0.3) is 0 Å². The molecule has 110 valence electrons. The first-order chi connectivity index (χ1) is 9.63. The Morgan fingerprint density at radius 1 is 1.25 bits per heavy atom. The van der Waals surface area contributed by atoms with Crippen molar-refractivity contribution in [1.82, 2.24) is 5.32 Å². The molecule has 1 aliphatic rings. The van der Waals surface area contributed by atoms with E-state index in [1.165, 1.54) is 31.4 Å². The predicted octanol–water partition coefficient (Wildman–Crippen LogP) is 3.13. The molecule has 1 atom stereocenters. The van der Waals surface area contributed by atoms with Gasteiger partial charge < -0.3 is 10.4 Å². The van der Waals surface area contributed by atoms with Gasteiger partial charge in [-0.2, -0.15) is 0 Å². The third kappa shape index (κ3) is 4.93. The van der Waals surface area contributed by atoms with Gasteiger partial charge in [0.25, 0.3) is 0 Å². The fourth-order valence-corrected chi connectivity index (χ4v) is 2.91. The van der Waals surface area contributed by atoms with Crippen LogP contribution in [0.4, 0.5) is 4.39 Å². The molecule has 0 heterocycles. The fraction of sp³-hybridized carbons (Fsp3) is 0.562. The lowest BCUT2D eigenvalue weighted by molar-refractivity contribution is -0.137. The summed E-state index contributed by atoms with van der Waals surface area (Å²) in [5.41, 5.74) is 0.973. The number of benzene rings is 1. The molecule has 1 aromatic carbocycles. The van der Waals surface area contributed by atoms with Crippen LogP contribution in [0, 0.1) is 5.82 Å². The van der Waals surface area contributed by atoms with Gasteiger partial charge in [-0.1, -0.05) is 31.4 Å². The first-order valence-corrected chi connectivity index (χ1v) is 7.36. The second-order valence-corrected chi connectivity index (χ2v) is 5.63. The van der Waals surface area contributed by atoms with Crippen molar-refractivity contribution in [2.75, 3.05) is 0 Å².